The molecule has 1 aromatic rings. The van der Waals surface area contributed by atoms with Gasteiger partial charge in [-0.15, -0.1) is 0 Å². The molecule has 0 bridgehead atoms. The first-order valence-electron chi connectivity index (χ1n) is 6.28. The lowest BCUT2D eigenvalue weighted by Gasteiger charge is -2.23. The second-order valence-corrected chi connectivity index (χ2v) is 7.06. The zero-order chi connectivity index (χ0) is 14.8. The van der Waals surface area contributed by atoms with Crippen molar-refractivity contribution in [1.82, 2.24) is 4.31 Å². The van der Waals surface area contributed by atoms with E-state index in [0.717, 1.165) is 0 Å². The van der Waals surface area contributed by atoms with Crippen LogP contribution in [0.1, 0.15) is 6.42 Å². The minimum atomic E-state index is -3.59. The average Bonchev–Trinajstić information content (AvgIpc) is 2.83. The molecule has 0 unspecified atom stereocenters. The van der Waals surface area contributed by atoms with E-state index < -0.39 is 10.0 Å². The second-order valence-electron chi connectivity index (χ2n) is 4.73. The summed E-state index contributed by atoms with van der Waals surface area (Å²) < 4.78 is 37.2. The highest BCUT2D eigenvalue weighted by Crippen LogP contribution is 2.28. The lowest BCUT2D eigenvalue weighted by Crippen LogP contribution is -2.38. The summed E-state index contributed by atoms with van der Waals surface area (Å²) >= 11 is 5.88. The third-order valence-electron chi connectivity index (χ3n) is 3.42. The Balaban J connectivity index is 2.32. The number of rotatable bonds is 5. The van der Waals surface area contributed by atoms with E-state index in [2.05, 4.69) is 0 Å². The zero-order valence-corrected chi connectivity index (χ0v) is 13.0. The van der Waals surface area contributed by atoms with Crippen LogP contribution in [0.4, 0.5) is 0 Å². The predicted octanol–water partition coefficient (Wildman–Crippen LogP) is 1.76. The number of halogens is 1. The molecule has 1 heterocycles. The first kappa shape index (κ1) is 15.7. The molecule has 0 amide bonds. The van der Waals surface area contributed by atoms with Gasteiger partial charge >= 0.3 is 0 Å². The Morgan fingerprint density at radius 1 is 1.40 bits per heavy atom. The lowest BCUT2D eigenvalue weighted by atomic mass is 10.2. The van der Waals surface area contributed by atoms with Crippen molar-refractivity contribution < 1.29 is 17.9 Å². The topological polar surface area (TPSA) is 55.8 Å². The molecular formula is C13H18ClNO4S. The highest BCUT2D eigenvalue weighted by Gasteiger charge is 2.40. The van der Waals surface area contributed by atoms with Crippen LogP contribution >= 0.6 is 11.6 Å². The van der Waals surface area contributed by atoms with Crippen LogP contribution in [0.2, 0.25) is 5.02 Å². The van der Waals surface area contributed by atoms with Crippen molar-refractivity contribution in [3.63, 3.8) is 0 Å². The number of methoxy groups -OCH3 is 2. The van der Waals surface area contributed by atoms with Gasteiger partial charge < -0.3 is 9.47 Å². The van der Waals surface area contributed by atoms with Gasteiger partial charge in [-0.3, -0.25) is 0 Å². The summed E-state index contributed by atoms with van der Waals surface area (Å²) in [5.41, 5.74) is 0. The number of nitrogens with zero attached hydrogens (tertiary/aromatic N) is 1. The molecule has 2 rings (SSSR count). The van der Waals surface area contributed by atoms with Crippen LogP contribution in [-0.4, -0.2) is 52.2 Å². The Hall–Kier alpha value is -0.660. The largest absolute Gasteiger partial charge is 0.383 e. The molecule has 1 saturated heterocycles. The maximum Gasteiger partial charge on any atom is 0.243 e. The molecule has 0 aliphatic carbocycles. The van der Waals surface area contributed by atoms with Crippen molar-refractivity contribution in [2.45, 2.75) is 23.5 Å². The van der Waals surface area contributed by atoms with E-state index in [9.17, 15) is 8.42 Å². The van der Waals surface area contributed by atoms with Crippen LogP contribution in [-0.2, 0) is 19.5 Å². The molecule has 0 aromatic heterocycles. The highest BCUT2D eigenvalue weighted by molar-refractivity contribution is 7.89. The molecule has 1 aliphatic heterocycles. The van der Waals surface area contributed by atoms with Gasteiger partial charge in [-0.25, -0.2) is 8.42 Å². The van der Waals surface area contributed by atoms with Crippen LogP contribution in [0.5, 0.6) is 0 Å². The van der Waals surface area contributed by atoms with Crippen molar-refractivity contribution in [2.75, 3.05) is 27.4 Å². The predicted molar refractivity (Wildman–Crippen MR) is 76.4 cm³/mol. The molecule has 5 nitrogen and oxygen atoms in total. The monoisotopic (exact) mass is 319 g/mol. The Kier molecular flexibility index (Phi) is 5.04. The van der Waals surface area contributed by atoms with E-state index in [1.165, 1.54) is 10.4 Å². The standard InChI is InChI=1S/C13H18ClNO4S/c1-18-9-11-7-12(19-2)8-15(11)20(16,17)13-5-3-4-10(14)6-13/h3-6,11-12H,7-9H2,1-2H3/t11-,12+/m0/s1. The summed E-state index contributed by atoms with van der Waals surface area (Å²) in [6.07, 6.45) is 0.522. The molecule has 1 aliphatic rings. The number of sulfonamides is 1. The first-order valence-corrected chi connectivity index (χ1v) is 8.10. The molecule has 1 aromatic carbocycles. The van der Waals surface area contributed by atoms with Gasteiger partial charge in [0.25, 0.3) is 0 Å². The zero-order valence-electron chi connectivity index (χ0n) is 11.5. The van der Waals surface area contributed by atoms with Crippen LogP contribution < -0.4 is 0 Å². The Morgan fingerprint density at radius 3 is 2.75 bits per heavy atom. The Labute approximate surface area is 124 Å². The molecule has 112 valence electrons. The summed E-state index contributed by atoms with van der Waals surface area (Å²) in [5.74, 6) is 0. The van der Waals surface area contributed by atoms with Gasteiger partial charge in [0.05, 0.1) is 23.6 Å². The molecule has 0 saturated carbocycles. The van der Waals surface area contributed by atoms with E-state index in [1.807, 2.05) is 0 Å². The van der Waals surface area contributed by atoms with Crippen molar-refractivity contribution >= 4 is 21.6 Å². The van der Waals surface area contributed by atoms with Gasteiger partial charge in [-0.05, 0) is 24.6 Å². The summed E-state index contributed by atoms with van der Waals surface area (Å²) in [4.78, 5) is 0.197. The molecule has 2 atom stereocenters. The number of hydrogen-bond donors (Lipinski definition) is 0. The molecule has 7 heteroatoms. The third kappa shape index (κ3) is 3.15. The second kappa shape index (κ2) is 6.41. The number of hydrogen-bond acceptors (Lipinski definition) is 4. The number of ether oxygens (including phenoxy) is 2. The van der Waals surface area contributed by atoms with E-state index in [-0.39, 0.29) is 17.0 Å². The molecule has 0 spiro atoms. The third-order valence-corrected chi connectivity index (χ3v) is 5.57. The van der Waals surface area contributed by atoms with Gasteiger partial charge in [0.1, 0.15) is 0 Å². The Bertz CT molecular complexity index is 563. The molecule has 1 fully saturated rings. The Morgan fingerprint density at radius 2 is 2.15 bits per heavy atom. The quantitative estimate of drug-likeness (QED) is 0.830. The summed E-state index contributed by atoms with van der Waals surface area (Å²) in [5, 5.41) is 0.400. The fourth-order valence-electron chi connectivity index (χ4n) is 2.42. The lowest BCUT2D eigenvalue weighted by molar-refractivity contribution is 0.110. The highest BCUT2D eigenvalue weighted by atomic mass is 35.5. The molecular weight excluding hydrogens is 302 g/mol. The van der Waals surface area contributed by atoms with Crippen molar-refractivity contribution in [2.24, 2.45) is 0 Å². The van der Waals surface area contributed by atoms with Gasteiger partial charge in [-0.2, -0.15) is 4.31 Å². The SMILES string of the molecule is COC[C@@H]1C[C@@H](OC)CN1S(=O)(=O)c1cccc(Cl)c1. The molecule has 0 radical (unpaired) electrons. The summed E-state index contributed by atoms with van der Waals surface area (Å²) in [6, 6.07) is 6.07. The van der Waals surface area contributed by atoms with Crippen LogP contribution in [0.3, 0.4) is 0 Å². The summed E-state index contributed by atoms with van der Waals surface area (Å²) in [6.45, 7) is 0.680. The average molecular weight is 320 g/mol. The minimum Gasteiger partial charge on any atom is -0.383 e. The van der Waals surface area contributed by atoms with E-state index in [4.69, 9.17) is 21.1 Å². The van der Waals surface area contributed by atoms with E-state index in [0.29, 0.717) is 24.6 Å². The van der Waals surface area contributed by atoms with Crippen molar-refractivity contribution in [1.29, 1.82) is 0 Å². The van der Waals surface area contributed by atoms with Crippen LogP contribution in [0, 0.1) is 0 Å². The van der Waals surface area contributed by atoms with Crippen molar-refractivity contribution in [3.05, 3.63) is 29.3 Å². The fourth-order valence-corrected chi connectivity index (χ4v) is 4.37. The number of benzene rings is 1. The van der Waals surface area contributed by atoms with Gasteiger partial charge in [0.15, 0.2) is 0 Å². The maximum absolute atomic E-state index is 12.7. The molecule has 20 heavy (non-hydrogen) atoms. The fraction of sp³-hybridized carbons (Fsp3) is 0.538. The normalized spacial score (nSPS) is 24.1. The minimum absolute atomic E-state index is 0.107. The van der Waals surface area contributed by atoms with Crippen LogP contribution in [0.25, 0.3) is 0 Å². The van der Waals surface area contributed by atoms with Gasteiger partial charge in [-0.1, -0.05) is 17.7 Å². The van der Waals surface area contributed by atoms with Crippen molar-refractivity contribution in [3.8, 4) is 0 Å². The van der Waals surface area contributed by atoms with Gasteiger partial charge in [0, 0.05) is 25.8 Å². The van der Waals surface area contributed by atoms with E-state index in [1.54, 1.807) is 32.4 Å². The van der Waals surface area contributed by atoms with E-state index >= 15 is 0 Å². The summed E-state index contributed by atoms with van der Waals surface area (Å²) in [7, 11) is -0.440. The van der Waals surface area contributed by atoms with Gasteiger partial charge in [0.2, 0.25) is 10.0 Å². The first-order chi connectivity index (χ1) is 9.48. The maximum atomic E-state index is 12.7. The van der Waals surface area contributed by atoms with Crippen LogP contribution in [0.15, 0.2) is 29.2 Å². The molecule has 0 N–H and O–H groups in total. The smallest absolute Gasteiger partial charge is 0.243 e.